The molecule has 156 valence electrons. The number of aryl methyl sites for hydroxylation is 1. The summed E-state index contributed by atoms with van der Waals surface area (Å²) in [6.07, 6.45) is 2.70. The van der Waals surface area contributed by atoms with Gasteiger partial charge in [-0.15, -0.1) is 0 Å². The van der Waals surface area contributed by atoms with Crippen LogP contribution in [0.2, 0.25) is 0 Å². The number of hydrogen-bond donors (Lipinski definition) is 0. The number of carbonyl (C=O) groups is 2. The Morgan fingerprint density at radius 2 is 1.93 bits per heavy atom. The zero-order chi connectivity index (χ0) is 21.0. The van der Waals surface area contributed by atoms with Gasteiger partial charge in [-0.05, 0) is 63.8 Å². The van der Waals surface area contributed by atoms with Crippen LogP contribution in [-0.4, -0.2) is 46.3 Å². The van der Waals surface area contributed by atoms with E-state index in [9.17, 15) is 14.0 Å². The Kier molecular flexibility index (Phi) is 6.67. The number of amides is 1. The maximum atomic E-state index is 13.2. The molecular weight excluding hydrogens is 373 g/mol. The first kappa shape index (κ1) is 21.0. The zero-order valence-corrected chi connectivity index (χ0v) is 17.3. The minimum absolute atomic E-state index is 0.00828. The predicted octanol–water partition coefficient (Wildman–Crippen LogP) is 3.36. The van der Waals surface area contributed by atoms with Gasteiger partial charge in [-0.2, -0.15) is 5.10 Å². The lowest BCUT2D eigenvalue weighted by molar-refractivity contribution is -0.144. The van der Waals surface area contributed by atoms with Crippen LogP contribution in [0.1, 0.15) is 43.1 Å². The lowest BCUT2D eigenvalue weighted by Crippen LogP contribution is -2.36. The summed E-state index contributed by atoms with van der Waals surface area (Å²) < 4.78 is 20.0. The van der Waals surface area contributed by atoms with Crippen LogP contribution in [0.15, 0.2) is 24.3 Å². The molecule has 29 heavy (non-hydrogen) atoms. The van der Waals surface area contributed by atoms with Crippen LogP contribution in [0.5, 0.6) is 0 Å². The molecule has 3 rings (SSSR count). The molecule has 1 saturated carbocycles. The lowest BCUT2D eigenvalue weighted by Gasteiger charge is -2.22. The quantitative estimate of drug-likeness (QED) is 0.605. The van der Waals surface area contributed by atoms with E-state index in [0.717, 1.165) is 35.5 Å². The average Bonchev–Trinajstić information content (AvgIpc) is 3.47. The van der Waals surface area contributed by atoms with Gasteiger partial charge in [-0.25, -0.2) is 9.07 Å². The first-order valence-electron chi connectivity index (χ1n) is 10.1. The van der Waals surface area contributed by atoms with E-state index >= 15 is 0 Å². The second-order valence-corrected chi connectivity index (χ2v) is 7.55. The van der Waals surface area contributed by atoms with Gasteiger partial charge in [0.25, 0.3) is 0 Å². The van der Waals surface area contributed by atoms with Gasteiger partial charge >= 0.3 is 5.97 Å². The van der Waals surface area contributed by atoms with Crippen LogP contribution < -0.4 is 0 Å². The first-order chi connectivity index (χ1) is 13.9. The molecule has 1 aromatic carbocycles. The smallest absolute Gasteiger partial charge is 0.307 e. The molecule has 0 spiro atoms. The number of halogens is 1. The Bertz CT molecular complexity index is 872. The second kappa shape index (κ2) is 9.20. The van der Waals surface area contributed by atoms with Crippen molar-refractivity contribution in [3.63, 3.8) is 0 Å². The topological polar surface area (TPSA) is 64.4 Å². The van der Waals surface area contributed by atoms with Crippen molar-refractivity contribution in [2.24, 2.45) is 5.92 Å². The van der Waals surface area contributed by atoms with Crippen molar-refractivity contribution in [2.45, 2.75) is 46.5 Å². The van der Waals surface area contributed by atoms with Crippen molar-refractivity contribution < 1.29 is 18.7 Å². The molecule has 1 aliphatic carbocycles. The van der Waals surface area contributed by atoms with Crippen molar-refractivity contribution in [3.05, 3.63) is 47.0 Å². The van der Waals surface area contributed by atoms with Gasteiger partial charge in [0.1, 0.15) is 5.82 Å². The molecule has 1 aliphatic rings. The van der Waals surface area contributed by atoms with Crippen LogP contribution in [0.3, 0.4) is 0 Å². The normalized spacial score (nSPS) is 13.4. The minimum Gasteiger partial charge on any atom is -0.466 e. The van der Waals surface area contributed by atoms with Crippen molar-refractivity contribution in [1.29, 1.82) is 0 Å². The highest BCUT2D eigenvalue weighted by Gasteiger charge is 2.28. The van der Waals surface area contributed by atoms with E-state index in [4.69, 9.17) is 4.74 Å². The number of hydrogen-bond acceptors (Lipinski definition) is 4. The monoisotopic (exact) mass is 401 g/mol. The summed E-state index contributed by atoms with van der Waals surface area (Å²) >= 11 is 0. The van der Waals surface area contributed by atoms with E-state index in [0.29, 0.717) is 25.6 Å². The summed E-state index contributed by atoms with van der Waals surface area (Å²) in [5, 5.41) is 4.54. The predicted molar refractivity (Wildman–Crippen MR) is 107 cm³/mol. The first-order valence-corrected chi connectivity index (χ1v) is 10.1. The molecule has 0 bridgehead atoms. The van der Waals surface area contributed by atoms with Crippen molar-refractivity contribution in [3.8, 4) is 5.69 Å². The van der Waals surface area contributed by atoms with Crippen molar-refractivity contribution in [1.82, 2.24) is 14.7 Å². The number of aromatic nitrogens is 2. The number of carbonyl (C=O) groups excluding carboxylic acids is 2. The fraction of sp³-hybridized carbons (Fsp3) is 0.500. The van der Waals surface area contributed by atoms with Crippen LogP contribution >= 0.6 is 0 Å². The maximum Gasteiger partial charge on any atom is 0.307 e. The van der Waals surface area contributed by atoms with Gasteiger partial charge in [0.2, 0.25) is 5.91 Å². The summed E-state index contributed by atoms with van der Waals surface area (Å²) in [4.78, 5) is 26.5. The summed E-state index contributed by atoms with van der Waals surface area (Å²) in [5.41, 5.74) is 3.26. The third-order valence-corrected chi connectivity index (χ3v) is 5.26. The molecule has 1 heterocycles. The molecule has 0 unspecified atom stereocenters. The summed E-state index contributed by atoms with van der Waals surface area (Å²) in [7, 11) is 0. The average molecular weight is 401 g/mol. The molecule has 1 aromatic heterocycles. The molecule has 1 amide bonds. The summed E-state index contributed by atoms with van der Waals surface area (Å²) in [5.74, 6) is -0.0584. The molecule has 2 aromatic rings. The van der Waals surface area contributed by atoms with Gasteiger partial charge in [0, 0.05) is 24.3 Å². The molecule has 1 fully saturated rings. The Hall–Kier alpha value is -2.70. The van der Waals surface area contributed by atoms with E-state index in [-0.39, 0.29) is 30.5 Å². The van der Waals surface area contributed by atoms with Gasteiger partial charge in [-0.3, -0.25) is 9.59 Å². The van der Waals surface area contributed by atoms with Gasteiger partial charge in [0.15, 0.2) is 0 Å². The number of rotatable bonds is 9. The highest BCUT2D eigenvalue weighted by molar-refractivity contribution is 5.80. The number of nitrogens with zero attached hydrogens (tertiary/aromatic N) is 3. The van der Waals surface area contributed by atoms with Crippen LogP contribution in [-0.2, 0) is 20.7 Å². The fourth-order valence-corrected chi connectivity index (χ4v) is 3.42. The van der Waals surface area contributed by atoms with E-state index in [1.165, 1.54) is 12.1 Å². The second-order valence-electron chi connectivity index (χ2n) is 7.55. The fourth-order valence-electron chi connectivity index (χ4n) is 3.42. The number of benzene rings is 1. The van der Waals surface area contributed by atoms with E-state index in [1.54, 1.807) is 28.6 Å². The number of esters is 1. The largest absolute Gasteiger partial charge is 0.466 e. The third kappa shape index (κ3) is 5.43. The Balaban J connectivity index is 1.73. The molecule has 0 atom stereocenters. The van der Waals surface area contributed by atoms with E-state index in [2.05, 4.69) is 5.10 Å². The van der Waals surface area contributed by atoms with Crippen molar-refractivity contribution >= 4 is 11.9 Å². The molecule has 7 heteroatoms. The third-order valence-electron chi connectivity index (χ3n) is 5.26. The molecule has 6 nitrogen and oxygen atoms in total. The Labute approximate surface area is 170 Å². The lowest BCUT2D eigenvalue weighted by atomic mass is 10.1. The molecule has 0 saturated heterocycles. The van der Waals surface area contributed by atoms with Crippen LogP contribution in [0.25, 0.3) is 5.69 Å². The van der Waals surface area contributed by atoms with Gasteiger partial charge < -0.3 is 9.64 Å². The SMILES string of the molecule is CCOC(=O)CCN(CC1CC1)C(=O)Cc1c(C)nn(-c2ccc(F)cc2)c1C. The zero-order valence-electron chi connectivity index (χ0n) is 17.3. The molecular formula is C22H28FN3O3. The van der Waals surface area contributed by atoms with Gasteiger partial charge in [0.05, 0.1) is 30.8 Å². The summed E-state index contributed by atoms with van der Waals surface area (Å²) in [6.45, 7) is 6.96. The standard InChI is InChI=1S/C22H28FN3O3/c1-4-29-22(28)11-12-25(14-17-5-6-17)21(27)13-20-15(2)24-26(16(20)3)19-9-7-18(23)8-10-19/h7-10,17H,4-6,11-14H2,1-3H3. The highest BCUT2D eigenvalue weighted by atomic mass is 19.1. The Morgan fingerprint density at radius 1 is 1.24 bits per heavy atom. The van der Waals surface area contributed by atoms with Crippen LogP contribution in [0, 0.1) is 25.6 Å². The molecule has 0 N–H and O–H groups in total. The summed E-state index contributed by atoms with van der Waals surface area (Å²) in [6, 6.07) is 6.12. The molecule has 0 aliphatic heterocycles. The van der Waals surface area contributed by atoms with Crippen LogP contribution in [0.4, 0.5) is 4.39 Å². The maximum absolute atomic E-state index is 13.2. The van der Waals surface area contributed by atoms with Gasteiger partial charge in [-0.1, -0.05) is 0 Å². The highest BCUT2D eigenvalue weighted by Crippen LogP contribution is 2.30. The Morgan fingerprint density at radius 3 is 2.55 bits per heavy atom. The van der Waals surface area contributed by atoms with E-state index < -0.39 is 0 Å². The molecule has 0 radical (unpaired) electrons. The number of ether oxygens (including phenoxy) is 1. The minimum atomic E-state index is -0.303. The van der Waals surface area contributed by atoms with Crippen molar-refractivity contribution in [2.75, 3.05) is 19.7 Å². The van der Waals surface area contributed by atoms with E-state index in [1.807, 2.05) is 13.8 Å².